The van der Waals surface area contributed by atoms with Crippen molar-refractivity contribution in [3.05, 3.63) is 0 Å². The second-order valence-corrected chi connectivity index (χ2v) is 12.0. The summed E-state index contributed by atoms with van der Waals surface area (Å²) in [6.45, 7) is 11.5. The molecule has 1 fully saturated rings. The molecule has 1 heterocycles. The molecule has 0 aliphatic carbocycles. The highest BCUT2D eigenvalue weighted by molar-refractivity contribution is 6.14. The lowest BCUT2D eigenvalue weighted by Gasteiger charge is -2.39. The van der Waals surface area contributed by atoms with Crippen LogP contribution in [-0.2, 0) is 23.8 Å². The van der Waals surface area contributed by atoms with E-state index in [2.05, 4.69) is 10.6 Å². The van der Waals surface area contributed by atoms with Crippen molar-refractivity contribution < 1.29 is 49.3 Å². The van der Waals surface area contributed by atoms with Gasteiger partial charge in [-0.3, -0.25) is 14.9 Å². The fourth-order valence-corrected chi connectivity index (χ4v) is 4.80. The molecule has 1 saturated heterocycles. The van der Waals surface area contributed by atoms with E-state index in [1.54, 1.807) is 6.92 Å². The van der Waals surface area contributed by atoms with Gasteiger partial charge in [-0.05, 0) is 65.8 Å². The number of aliphatic hydroxyl groups is 4. The highest BCUT2D eigenvalue weighted by Gasteiger charge is 2.44. The third-order valence-corrected chi connectivity index (χ3v) is 8.04. The van der Waals surface area contributed by atoms with Gasteiger partial charge in [0.25, 0.3) is 0 Å². The van der Waals surface area contributed by atoms with Crippen LogP contribution in [0.25, 0.3) is 0 Å². The Kier molecular flexibility index (Phi) is 16.0. The van der Waals surface area contributed by atoms with Crippen LogP contribution in [0.15, 0.2) is 0 Å². The van der Waals surface area contributed by atoms with Gasteiger partial charge in [-0.25, -0.2) is 0 Å². The van der Waals surface area contributed by atoms with Crippen LogP contribution in [0.2, 0.25) is 0 Å². The van der Waals surface area contributed by atoms with Crippen molar-refractivity contribution in [2.75, 3.05) is 19.8 Å². The third kappa shape index (κ3) is 12.1. The minimum atomic E-state index is -1.63. The van der Waals surface area contributed by atoms with E-state index in [1.165, 1.54) is 0 Å². The van der Waals surface area contributed by atoms with E-state index in [0.717, 1.165) is 0 Å². The van der Waals surface area contributed by atoms with Crippen LogP contribution < -0.4 is 16.4 Å². The minimum Gasteiger partial charge on any atom is -0.481 e. The van der Waals surface area contributed by atoms with E-state index in [4.69, 9.17) is 32.9 Å². The summed E-state index contributed by atoms with van der Waals surface area (Å²) >= 11 is 0. The maximum atomic E-state index is 13.7. The molecule has 0 saturated carbocycles. The molecule has 244 valence electrons. The first-order chi connectivity index (χ1) is 19.4. The van der Waals surface area contributed by atoms with E-state index in [1.807, 2.05) is 34.6 Å². The molecule has 0 bridgehead atoms. The Morgan fingerprint density at radius 1 is 1.00 bits per heavy atom. The zero-order valence-corrected chi connectivity index (χ0v) is 26.0. The van der Waals surface area contributed by atoms with Crippen LogP contribution >= 0.6 is 0 Å². The standard InChI is InChI=1S/C28H54BN3O10/c1-7-19(30)32-17(10-11-20(33)34)24(38)28(8-2,9-3)31-14-12-27(6,29)40-15-13-26(4,5)41-16-18-21(35)22(36)23(37)25(39)42-18/h17-19,21-23,25,31-32,35-37,39H,7-16,30H2,1-6H3,(H,33,34). The number of aliphatic hydroxyl groups excluding tert-OH is 4. The summed E-state index contributed by atoms with van der Waals surface area (Å²) in [5, 5.41) is 54.9. The second-order valence-electron chi connectivity index (χ2n) is 12.0. The van der Waals surface area contributed by atoms with Gasteiger partial charge in [0.15, 0.2) is 12.1 Å². The number of rotatable bonds is 21. The average Bonchev–Trinajstić information content (AvgIpc) is 2.92. The molecule has 9 N–H and O–H groups in total. The highest BCUT2D eigenvalue weighted by Crippen LogP contribution is 2.25. The van der Waals surface area contributed by atoms with Crippen molar-refractivity contribution in [3.8, 4) is 0 Å². The van der Waals surface area contributed by atoms with Gasteiger partial charge in [0, 0.05) is 18.5 Å². The largest absolute Gasteiger partial charge is 0.481 e. The van der Waals surface area contributed by atoms with Gasteiger partial charge in [0.05, 0.1) is 30.0 Å². The van der Waals surface area contributed by atoms with Crippen molar-refractivity contribution in [1.29, 1.82) is 0 Å². The van der Waals surface area contributed by atoms with Crippen LogP contribution in [0.4, 0.5) is 0 Å². The number of ether oxygens (including phenoxy) is 3. The Bertz CT molecular complexity index is 830. The minimum absolute atomic E-state index is 0.127. The number of ketones is 1. The maximum Gasteiger partial charge on any atom is 0.303 e. The van der Waals surface area contributed by atoms with E-state index < -0.39 is 65.5 Å². The summed E-state index contributed by atoms with van der Waals surface area (Å²) in [7, 11) is 6.40. The summed E-state index contributed by atoms with van der Waals surface area (Å²) in [6, 6.07) is -0.706. The second kappa shape index (κ2) is 17.3. The molecule has 0 aromatic heterocycles. The molecule has 13 nitrogen and oxygen atoms in total. The lowest BCUT2D eigenvalue weighted by Crippen LogP contribution is -2.60. The number of carboxylic acids is 1. The molecule has 0 aromatic rings. The predicted molar refractivity (Wildman–Crippen MR) is 157 cm³/mol. The quantitative estimate of drug-likeness (QED) is 0.0615. The van der Waals surface area contributed by atoms with Gasteiger partial charge >= 0.3 is 5.97 Å². The number of Topliss-reactive ketones (excluding diaryl/α,β-unsaturated/α-hetero) is 1. The number of carbonyl (C=O) groups is 2. The number of carbonyl (C=O) groups excluding carboxylic acids is 1. The van der Waals surface area contributed by atoms with Crippen LogP contribution in [0, 0.1) is 0 Å². The zero-order valence-electron chi connectivity index (χ0n) is 26.0. The molecular weight excluding hydrogens is 549 g/mol. The monoisotopic (exact) mass is 603 g/mol. The summed E-state index contributed by atoms with van der Waals surface area (Å²) in [5.41, 5.74) is 3.39. The average molecular weight is 604 g/mol. The Morgan fingerprint density at radius 3 is 2.17 bits per heavy atom. The third-order valence-electron chi connectivity index (χ3n) is 8.04. The molecule has 0 amide bonds. The normalized spacial score (nSPS) is 26.4. The first kappa shape index (κ1) is 38.8. The van der Waals surface area contributed by atoms with E-state index in [9.17, 15) is 30.0 Å². The summed E-state index contributed by atoms with van der Waals surface area (Å²) in [5.74, 6) is -1.11. The molecule has 1 aliphatic rings. The lowest BCUT2D eigenvalue weighted by atomic mass is 9.79. The van der Waals surface area contributed by atoms with Gasteiger partial charge in [-0.1, -0.05) is 20.8 Å². The molecule has 1 aliphatic heterocycles. The molecule has 8 atom stereocenters. The summed E-state index contributed by atoms with van der Waals surface area (Å²) in [4.78, 5) is 24.9. The molecule has 42 heavy (non-hydrogen) atoms. The number of carboxylic acid groups (broad SMARTS) is 1. The first-order valence-corrected chi connectivity index (χ1v) is 14.9. The summed E-state index contributed by atoms with van der Waals surface area (Å²) in [6.07, 6.45) is -5.32. The molecule has 8 unspecified atom stereocenters. The Labute approximate surface area is 251 Å². The highest BCUT2D eigenvalue weighted by atomic mass is 16.6. The van der Waals surface area contributed by atoms with Gasteiger partial charge in [0.2, 0.25) is 0 Å². The van der Waals surface area contributed by atoms with E-state index in [0.29, 0.717) is 38.6 Å². The van der Waals surface area contributed by atoms with Crippen LogP contribution in [0.1, 0.15) is 86.5 Å². The van der Waals surface area contributed by atoms with E-state index in [-0.39, 0.29) is 31.8 Å². The number of aliphatic carboxylic acids is 1. The Balaban J connectivity index is 2.66. The van der Waals surface area contributed by atoms with Crippen LogP contribution in [-0.4, -0.2) is 124 Å². The molecule has 0 aromatic carbocycles. The molecular formula is C28H54BN3O10. The van der Waals surface area contributed by atoms with Gasteiger partial charge < -0.3 is 50.8 Å². The van der Waals surface area contributed by atoms with Gasteiger partial charge in [0.1, 0.15) is 32.3 Å². The molecule has 1 rings (SSSR count). The maximum absolute atomic E-state index is 13.7. The van der Waals surface area contributed by atoms with Crippen molar-refractivity contribution in [2.45, 2.75) is 146 Å². The Hall–Kier alpha value is -1.20. The van der Waals surface area contributed by atoms with Crippen molar-refractivity contribution in [2.24, 2.45) is 5.73 Å². The topological polar surface area (TPSA) is 213 Å². The first-order valence-electron chi connectivity index (χ1n) is 14.9. The SMILES string of the molecule is [B]C(C)(CCNC(CC)(CC)C(=O)C(CCC(=O)O)NC(N)CC)OCCC(C)(C)OCC1OC(O)C(O)C(O)C1O. The van der Waals surface area contributed by atoms with Crippen LogP contribution in [0.3, 0.4) is 0 Å². The predicted octanol–water partition coefficient (Wildman–Crippen LogP) is -0.502. The number of hydrogen-bond acceptors (Lipinski definition) is 12. The number of nitrogens with one attached hydrogen (secondary N) is 2. The van der Waals surface area contributed by atoms with Gasteiger partial charge in [-0.2, -0.15) is 0 Å². The van der Waals surface area contributed by atoms with Crippen molar-refractivity contribution >= 4 is 19.6 Å². The molecule has 2 radical (unpaired) electrons. The fraction of sp³-hybridized carbons (Fsp3) is 0.929. The Morgan fingerprint density at radius 2 is 1.62 bits per heavy atom. The van der Waals surface area contributed by atoms with Gasteiger partial charge in [-0.15, -0.1) is 0 Å². The number of hydrogen-bond donors (Lipinski definition) is 8. The fourth-order valence-electron chi connectivity index (χ4n) is 4.80. The zero-order chi connectivity index (χ0) is 32.3. The molecule has 14 heteroatoms. The smallest absolute Gasteiger partial charge is 0.303 e. The van der Waals surface area contributed by atoms with Crippen molar-refractivity contribution in [3.63, 3.8) is 0 Å². The molecule has 0 spiro atoms. The number of nitrogens with two attached hydrogens (primary N) is 1. The summed E-state index contributed by atoms with van der Waals surface area (Å²) < 4.78 is 16.9. The van der Waals surface area contributed by atoms with E-state index >= 15 is 0 Å². The lowest BCUT2D eigenvalue weighted by molar-refractivity contribution is -0.292. The van der Waals surface area contributed by atoms with Crippen molar-refractivity contribution in [1.82, 2.24) is 10.6 Å². The van der Waals surface area contributed by atoms with Crippen LogP contribution in [0.5, 0.6) is 0 Å².